The molecule has 0 aromatic heterocycles. The Morgan fingerprint density at radius 1 is 1.29 bits per heavy atom. The number of carbonyl (C=O) groups excluding carboxylic acids is 2. The van der Waals surface area contributed by atoms with Crippen LogP contribution in [0.15, 0.2) is 0 Å². The second-order valence-electron chi connectivity index (χ2n) is 7.50. The molecule has 0 bridgehead atoms. The average Bonchev–Trinajstić information content (AvgIpc) is 2.34. The van der Waals surface area contributed by atoms with E-state index in [9.17, 15) is 14.7 Å². The molecule has 1 fully saturated rings. The Hall–Kier alpha value is -1.10. The Labute approximate surface area is 127 Å². The lowest BCUT2D eigenvalue weighted by Crippen LogP contribution is -2.51. The highest BCUT2D eigenvalue weighted by Crippen LogP contribution is 2.41. The Morgan fingerprint density at radius 2 is 1.81 bits per heavy atom. The second-order valence-corrected chi connectivity index (χ2v) is 7.50. The molecule has 5 heteroatoms. The largest absolute Gasteiger partial charge is 0.388 e. The molecule has 0 aliphatic heterocycles. The van der Waals surface area contributed by atoms with Gasteiger partial charge in [0.15, 0.2) is 0 Å². The van der Waals surface area contributed by atoms with E-state index in [4.69, 9.17) is 0 Å². The first-order chi connectivity index (χ1) is 9.53. The molecule has 0 spiro atoms. The van der Waals surface area contributed by atoms with E-state index in [-0.39, 0.29) is 23.8 Å². The summed E-state index contributed by atoms with van der Waals surface area (Å²) in [6.07, 6.45) is 3.39. The maximum absolute atomic E-state index is 11.9. The summed E-state index contributed by atoms with van der Waals surface area (Å²) in [4.78, 5) is 22.8. The molecular formula is C16H30N2O3. The van der Waals surface area contributed by atoms with Gasteiger partial charge in [0.25, 0.3) is 0 Å². The number of amides is 2. The van der Waals surface area contributed by atoms with Crippen molar-refractivity contribution in [2.45, 2.75) is 71.9 Å². The Balaban J connectivity index is 2.42. The van der Waals surface area contributed by atoms with Gasteiger partial charge in [-0.1, -0.05) is 20.8 Å². The topological polar surface area (TPSA) is 78.4 Å². The summed E-state index contributed by atoms with van der Waals surface area (Å²) in [6, 6.07) is -0.572. The molecule has 122 valence electrons. The van der Waals surface area contributed by atoms with Crippen LogP contribution in [0.5, 0.6) is 0 Å². The summed E-state index contributed by atoms with van der Waals surface area (Å²) in [5.41, 5.74) is -0.544. The van der Waals surface area contributed by atoms with Gasteiger partial charge in [0, 0.05) is 13.5 Å². The maximum atomic E-state index is 11.9. The number of hydrogen-bond acceptors (Lipinski definition) is 3. The number of carbonyl (C=O) groups is 2. The molecule has 5 nitrogen and oxygen atoms in total. The molecular weight excluding hydrogens is 268 g/mol. The van der Waals surface area contributed by atoms with Crippen LogP contribution in [-0.2, 0) is 9.59 Å². The highest BCUT2D eigenvalue weighted by atomic mass is 16.3. The number of nitrogens with one attached hydrogen (secondary N) is 2. The number of aliphatic hydroxyl groups is 1. The highest BCUT2D eigenvalue weighted by Gasteiger charge is 2.37. The molecule has 1 aliphatic rings. The van der Waals surface area contributed by atoms with Gasteiger partial charge in [-0.3, -0.25) is 9.59 Å². The van der Waals surface area contributed by atoms with Crippen molar-refractivity contribution in [3.05, 3.63) is 0 Å². The summed E-state index contributed by atoms with van der Waals surface area (Å²) in [5.74, 6) is 0.130. The molecule has 0 aromatic carbocycles. The van der Waals surface area contributed by atoms with Crippen LogP contribution in [-0.4, -0.2) is 35.1 Å². The van der Waals surface area contributed by atoms with Crippen molar-refractivity contribution in [3.8, 4) is 0 Å². The normalized spacial score (nSPS) is 27.8. The lowest BCUT2D eigenvalue weighted by Gasteiger charge is -2.41. The second kappa shape index (κ2) is 6.77. The summed E-state index contributed by atoms with van der Waals surface area (Å²) in [7, 11) is 0. The quantitative estimate of drug-likeness (QED) is 0.737. The first-order valence-electron chi connectivity index (χ1n) is 7.81. The Kier molecular flexibility index (Phi) is 5.79. The van der Waals surface area contributed by atoms with Crippen LogP contribution >= 0.6 is 0 Å². The van der Waals surface area contributed by atoms with Crippen LogP contribution in [0.3, 0.4) is 0 Å². The molecule has 0 saturated heterocycles. The average molecular weight is 298 g/mol. The predicted molar refractivity (Wildman–Crippen MR) is 82.7 cm³/mol. The molecule has 1 rings (SSSR count). The summed E-state index contributed by atoms with van der Waals surface area (Å²) >= 11 is 0. The third kappa shape index (κ3) is 5.65. The first kappa shape index (κ1) is 18.0. The van der Waals surface area contributed by atoms with Gasteiger partial charge >= 0.3 is 0 Å². The molecule has 3 N–H and O–H groups in total. The minimum atomic E-state index is -0.812. The first-order valence-corrected chi connectivity index (χ1v) is 7.81. The maximum Gasteiger partial charge on any atom is 0.242 e. The fourth-order valence-corrected chi connectivity index (χ4v) is 2.97. The van der Waals surface area contributed by atoms with Crippen molar-refractivity contribution in [3.63, 3.8) is 0 Å². The molecule has 1 atom stereocenters. The van der Waals surface area contributed by atoms with Gasteiger partial charge < -0.3 is 15.7 Å². The summed E-state index contributed by atoms with van der Waals surface area (Å²) in [5, 5.41) is 15.9. The van der Waals surface area contributed by atoms with Crippen molar-refractivity contribution in [2.24, 2.45) is 11.3 Å². The van der Waals surface area contributed by atoms with Crippen LogP contribution in [0.1, 0.15) is 60.3 Å². The molecule has 1 unspecified atom stereocenters. The van der Waals surface area contributed by atoms with E-state index >= 15 is 0 Å². The van der Waals surface area contributed by atoms with Gasteiger partial charge in [0.1, 0.15) is 6.04 Å². The molecule has 2 amide bonds. The van der Waals surface area contributed by atoms with E-state index in [1.807, 2.05) is 0 Å². The monoisotopic (exact) mass is 298 g/mol. The Morgan fingerprint density at radius 3 is 2.24 bits per heavy atom. The van der Waals surface area contributed by atoms with Crippen molar-refractivity contribution in [2.75, 3.05) is 6.54 Å². The van der Waals surface area contributed by atoms with Crippen molar-refractivity contribution in [1.29, 1.82) is 0 Å². The SMILES string of the molecule is CC(=O)NC(C)C(=O)NCC1(O)CCC(C(C)(C)C)CC1. The van der Waals surface area contributed by atoms with E-state index in [1.54, 1.807) is 6.92 Å². The van der Waals surface area contributed by atoms with Gasteiger partial charge in [-0.05, 0) is 43.9 Å². The summed E-state index contributed by atoms with van der Waals surface area (Å²) in [6.45, 7) is 9.98. The zero-order valence-electron chi connectivity index (χ0n) is 14.0. The fraction of sp³-hybridized carbons (Fsp3) is 0.875. The minimum absolute atomic E-state index is 0.234. The lowest BCUT2D eigenvalue weighted by molar-refractivity contribution is -0.128. The molecule has 1 saturated carbocycles. The third-order valence-electron chi connectivity index (χ3n) is 4.55. The number of rotatable bonds is 4. The smallest absolute Gasteiger partial charge is 0.242 e. The fourth-order valence-electron chi connectivity index (χ4n) is 2.97. The van der Waals surface area contributed by atoms with Gasteiger partial charge in [0.05, 0.1) is 5.60 Å². The summed E-state index contributed by atoms with van der Waals surface area (Å²) < 4.78 is 0. The van der Waals surface area contributed by atoms with E-state index in [2.05, 4.69) is 31.4 Å². The van der Waals surface area contributed by atoms with Crippen LogP contribution < -0.4 is 10.6 Å². The van der Waals surface area contributed by atoms with Gasteiger partial charge in [-0.15, -0.1) is 0 Å². The van der Waals surface area contributed by atoms with Gasteiger partial charge in [-0.2, -0.15) is 0 Å². The number of hydrogen-bond donors (Lipinski definition) is 3. The minimum Gasteiger partial charge on any atom is -0.388 e. The van der Waals surface area contributed by atoms with E-state index in [0.29, 0.717) is 18.8 Å². The van der Waals surface area contributed by atoms with Crippen molar-refractivity contribution in [1.82, 2.24) is 10.6 Å². The highest BCUT2D eigenvalue weighted by molar-refractivity contribution is 5.86. The van der Waals surface area contributed by atoms with Gasteiger partial charge in [0.2, 0.25) is 11.8 Å². The van der Waals surface area contributed by atoms with Crippen LogP contribution in [0, 0.1) is 11.3 Å². The zero-order valence-corrected chi connectivity index (χ0v) is 14.0. The van der Waals surface area contributed by atoms with Crippen molar-refractivity contribution >= 4 is 11.8 Å². The van der Waals surface area contributed by atoms with E-state index < -0.39 is 11.6 Å². The van der Waals surface area contributed by atoms with Crippen LogP contribution in [0.2, 0.25) is 0 Å². The molecule has 0 heterocycles. The van der Waals surface area contributed by atoms with E-state index in [1.165, 1.54) is 6.92 Å². The molecule has 1 aliphatic carbocycles. The lowest BCUT2D eigenvalue weighted by atomic mass is 9.68. The molecule has 0 radical (unpaired) electrons. The van der Waals surface area contributed by atoms with E-state index in [0.717, 1.165) is 12.8 Å². The van der Waals surface area contributed by atoms with Gasteiger partial charge in [-0.25, -0.2) is 0 Å². The zero-order chi connectivity index (χ0) is 16.3. The molecule has 21 heavy (non-hydrogen) atoms. The third-order valence-corrected chi connectivity index (χ3v) is 4.55. The van der Waals surface area contributed by atoms with Crippen LogP contribution in [0.25, 0.3) is 0 Å². The van der Waals surface area contributed by atoms with Crippen LogP contribution in [0.4, 0.5) is 0 Å². The van der Waals surface area contributed by atoms with Crippen molar-refractivity contribution < 1.29 is 14.7 Å². The Bertz CT molecular complexity index is 379. The molecule has 0 aromatic rings. The standard InChI is InChI=1S/C16H30N2O3/c1-11(18-12(2)19)14(20)17-10-16(21)8-6-13(7-9-16)15(3,4)5/h11,13,21H,6-10H2,1-5H3,(H,17,20)(H,18,19). The predicted octanol–water partition coefficient (Wildman–Crippen LogP) is 1.59.